The minimum absolute atomic E-state index is 1.09. The van der Waals surface area contributed by atoms with Crippen LogP contribution in [-0.4, -0.2) is 13.1 Å². The van der Waals surface area contributed by atoms with Gasteiger partial charge in [-0.1, -0.05) is 59.8 Å². The molecule has 0 aromatic heterocycles. The van der Waals surface area contributed by atoms with Gasteiger partial charge in [-0.2, -0.15) is 0 Å². The van der Waals surface area contributed by atoms with Crippen LogP contribution in [-0.2, 0) is 0 Å². The molecule has 0 aromatic rings. The minimum atomic E-state index is 1.09. The normalized spacial score (nSPS) is 9.00. The van der Waals surface area contributed by atoms with Gasteiger partial charge in [0.2, 0.25) is 0 Å². The van der Waals surface area contributed by atoms with Gasteiger partial charge in [-0.25, -0.2) is 0 Å². The van der Waals surface area contributed by atoms with Gasteiger partial charge in [-0.3, -0.25) is 0 Å². The Morgan fingerprint density at radius 3 is 1.25 bits per heavy atom. The van der Waals surface area contributed by atoms with Gasteiger partial charge >= 0.3 is 0 Å². The van der Waals surface area contributed by atoms with Crippen molar-refractivity contribution in [2.75, 3.05) is 13.1 Å². The first kappa shape index (κ1) is 14.5. The second-order valence-corrected chi connectivity index (χ2v) is 3.02. The highest BCUT2D eigenvalue weighted by atomic mass is 14.8. The zero-order valence-corrected chi connectivity index (χ0v) is 9.45. The number of rotatable bonds is 6. The number of hydrogen-bond acceptors (Lipinski definition) is 1. The Kier molecular flexibility index (Phi) is 20.7. The molecule has 12 heavy (non-hydrogen) atoms. The van der Waals surface area contributed by atoms with Crippen LogP contribution in [0.25, 0.3) is 0 Å². The minimum Gasteiger partial charge on any atom is -0.317 e. The molecular formula is C11H27N. The van der Waals surface area contributed by atoms with Crippen molar-refractivity contribution in [1.82, 2.24) is 5.32 Å². The molecule has 0 radical (unpaired) electrons. The van der Waals surface area contributed by atoms with E-state index in [0.29, 0.717) is 0 Å². The van der Waals surface area contributed by atoms with E-state index >= 15 is 0 Å². The lowest BCUT2D eigenvalue weighted by Crippen LogP contribution is -2.09. The first-order chi connectivity index (χ1) is 5.83. The Morgan fingerprint density at radius 1 is 0.667 bits per heavy atom. The fourth-order valence-corrected chi connectivity index (χ4v) is 0.927. The maximum atomic E-state index is 3.11. The van der Waals surface area contributed by atoms with E-state index in [4.69, 9.17) is 0 Å². The van der Waals surface area contributed by atoms with Crippen molar-refractivity contribution in [2.45, 2.75) is 59.8 Å². The maximum Gasteiger partial charge on any atom is -0.00775 e. The predicted molar refractivity (Wildman–Crippen MR) is 58.7 cm³/mol. The Morgan fingerprint density at radius 2 is 1.08 bits per heavy atom. The van der Waals surface area contributed by atoms with Crippen LogP contribution in [0.2, 0.25) is 0 Å². The van der Waals surface area contributed by atoms with Gasteiger partial charge in [-0.15, -0.1) is 0 Å². The van der Waals surface area contributed by atoms with Crippen LogP contribution in [0, 0.1) is 0 Å². The molecule has 0 fully saturated rings. The Balaban J connectivity index is 0. The van der Waals surface area contributed by atoms with Gasteiger partial charge < -0.3 is 5.32 Å². The first-order valence-electron chi connectivity index (χ1n) is 5.54. The quantitative estimate of drug-likeness (QED) is 0.605. The third-order valence-electron chi connectivity index (χ3n) is 1.71. The monoisotopic (exact) mass is 173 g/mol. The summed E-state index contributed by atoms with van der Waals surface area (Å²) >= 11 is 0. The van der Waals surface area contributed by atoms with E-state index in [2.05, 4.69) is 33.0 Å². The van der Waals surface area contributed by atoms with Crippen molar-refractivity contribution in [3.05, 3.63) is 0 Å². The highest BCUT2D eigenvalue weighted by Crippen LogP contribution is 2.00. The highest BCUT2D eigenvalue weighted by molar-refractivity contribution is 4.35. The average Bonchev–Trinajstić information content (AvgIpc) is 2.08. The zero-order valence-electron chi connectivity index (χ0n) is 9.45. The topological polar surface area (TPSA) is 12.0 Å². The number of hydrogen-bond donors (Lipinski definition) is 1. The van der Waals surface area contributed by atoms with Crippen LogP contribution in [0.4, 0.5) is 0 Å². The summed E-state index contributed by atoms with van der Waals surface area (Å²) in [4.78, 5) is 0. The lowest BCUT2D eigenvalue weighted by molar-refractivity contribution is 0.656. The largest absolute Gasteiger partial charge is 0.317 e. The summed E-state index contributed by atoms with van der Waals surface area (Å²) in [5.41, 5.74) is 0. The Hall–Kier alpha value is -0.0400. The highest BCUT2D eigenvalue weighted by Gasteiger charge is 1.80. The van der Waals surface area contributed by atoms with Crippen molar-refractivity contribution >= 4 is 0 Å². The molecule has 1 nitrogen and oxygen atoms in total. The van der Waals surface area contributed by atoms with Crippen LogP contribution >= 0.6 is 0 Å². The van der Waals surface area contributed by atoms with Gasteiger partial charge in [0, 0.05) is 0 Å². The molecule has 0 aromatic carbocycles. The fourth-order valence-electron chi connectivity index (χ4n) is 0.927. The lowest BCUT2D eigenvalue weighted by atomic mass is 10.2. The molecule has 0 rings (SSSR count). The molecule has 0 spiro atoms. The summed E-state index contributed by atoms with van der Waals surface area (Å²) in [6.07, 6.45) is 7.01. The lowest BCUT2D eigenvalue weighted by Gasteiger charge is -1.90. The molecule has 0 amide bonds. The van der Waals surface area contributed by atoms with E-state index in [1.54, 1.807) is 0 Å². The average molecular weight is 173 g/mol. The first-order valence-corrected chi connectivity index (χ1v) is 5.54. The number of nitrogens with one attached hydrogen (secondary N) is 1. The zero-order chi connectivity index (χ0) is 9.66. The Labute approximate surface area is 78.9 Å². The summed E-state index contributed by atoms with van der Waals surface area (Å²) in [5.74, 6) is 0. The molecule has 76 valence electrons. The third-order valence-corrected chi connectivity index (χ3v) is 1.71. The second kappa shape index (κ2) is 17.2. The van der Waals surface area contributed by atoms with Gasteiger partial charge in [0.15, 0.2) is 0 Å². The molecule has 0 aliphatic heterocycles. The van der Waals surface area contributed by atoms with E-state index < -0.39 is 0 Å². The summed E-state index contributed by atoms with van der Waals surface area (Å²) in [7, 11) is 0. The summed E-state index contributed by atoms with van der Waals surface area (Å²) in [6, 6.07) is 0. The predicted octanol–water partition coefficient (Wildman–Crippen LogP) is 3.59. The van der Waals surface area contributed by atoms with Crippen LogP contribution in [0.15, 0.2) is 0 Å². The molecule has 0 saturated heterocycles. The summed E-state index contributed by atoms with van der Waals surface area (Å²) in [6.45, 7) is 10.9. The van der Waals surface area contributed by atoms with Crippen molar-refractivity contribution in [2.24, 2.45) is 0 Å². The van der Waals surface area contributed by atoms with Gasteiger partial charge in [0.25, 0.3) is 0 Å². The standard InChI is InChI=1S/C7H16.C4H11N/c1-3-5-7-6-4-2;1-3-5-4-2/h3-7H2,1-2H3;5H,3-4H2,1-2H3. The molecule has 1 heteroatoms. The molecule has 0 saturated carbocycles. The summed E-state index contributed by atoms with van der Waals surface area (Å²) in [5, 5.41) is 3.11. The molecular weight excluding hydrogens is 146 g/mol. The summed E-state index contributed by atoms with van der Waals surface area (Å²) < 4.78 is 0. The molecule has 0 unspecified atom stereocenters. The smallest absolute Gasteiger partial charge is 0.00775 e. The van der Waals surface area contributed by atoms with Gasteiger partial charge in [-0.05, 0) is 13.1 Å². The number of unbranched alkanes of at least 4 members (excludes halogenated alkanes) is 4. The van der Waals surface area contributed by atoms with Crippen LogP contribution in [0.5, 0.6) is 0 Å². The van der Waals surface area contributed by atoms with Crippen molar-refractivity contribution in [3.8, 4) is 0 Å². The van der Waals surface area contributed by atoms with Crippen LogP contribution < -0.4 is 5.32 Å². The molecule has 0 bridgehead atoms. The maximum absolute atomic E-state index is 3.11. The fraction of sp³-hybridized carbons (Fsp3) is 1.00. The molecule has 1 N–H and O–H groups in total. The van der Waals surface area contributed by atoms with Crippen molar-refractivity contribution < 1.29 is 0 Å². The van der Waals surface area contributed by atoms with E-state index in [0.717, 1.165) is 13.1 Å². The van der Waals surface area contributed by atoms with Crippen molar-refractivity contribution in [3.63, 3.8) is 0 Å². The van der Waals surface area contributed by atoms with E-state index in [9.17, 15) is 0 Å². The van der Waals surface area contributed by atoms with Gasteiger partial charge in [0.05, 0.1) is 0 Å². The Bertz CT molecular complexity index is 47.0. The van der Waals surface area contributed by atoms with E-state index in [1.165, 1.54) is 32.1 Å². The van der Waals surface area contributed by atoms with Crippen LogP contribution in [0.3, 0.4) is 0 Å². The second-order valence-electron chi connectivity index (χ2n) is 3.02. The molecule has 0 aliphatic carbocycles. The molecule has 0 atom stereocenters. The van der Waals surface area contributed by atoms with E-state index in [-0.39, 0.29) is 0 Å². The van der Waals surface area contributed by atoms with Crippen LogP contribution in [0.1, 0.15) is 59.8 Å². The molecule has 0 aliphatic rings. The third kappa shape index (κ3) is 22.5. The van der Waals surface area contributed by atoms with E-state index in [1.807, 2.05) is 0 Å². The van der Waals surface area contributed by atoms with Crippen molar-refractivity contribution in [1.29, 1.82) is 0 Å². The SMILES string of the molecule is CCCCCCC.CCNCC. The van der Waals surface area contributed by atoms with Gasteiger partial charge in [0.1, 0.15) is 0 Å². The molecule has 0 heterocycles.